The number of nitrogens with one attached hydrogen (secondary N) is 1. The molecule has 3 heterocycles. The quantitative estimate of drug-likeness (QED) is 0.918. The zero-order chi connectivity index (χ0) is 13.9. The van der Waals surface area contributed by atoms with Gasteiger partial charge in [0.2, 0.25) is 0 Å². The van der Waals surface area contributed by atoms with Gasteiger partial charge in [0.1, 0.15) is 11.6 Å². The van der Waals surface area contributed by atoms with Crippen LogP contribution < -0.4 is 5.32 Å². The maximum Gasteiger partial charge on any atom is 0.323 e. The van der Waals surface area contributed by atoms with Gasteiger partial charge in [0.15, 0.2) is 0 Å². The molecule has 1 N–H and O–H groups in total. The van der Waals surface area contributed by atoms with Gasteiger partial charge in [-0.15, -0.1) is 11.3 Å². The summed E-state index contributed by atoms with van der Waals surface area (Å²) >= 11 is 1.66. The molecule has 0 aliphatic carbocycles. The molecule has 6 heteroatoms. The number of carbonyl (C=O) groups is 1. The van der Waals surface area contributed by atoms with Crippen LogP contribution in [-0.4, -0.2) is 22.5 Å². The Hall–Kier alpha value is -1.95. The van der Waals surface area contributed by atoms with Crippen LogP contribution in [0.5, 0.6) is 0 Å². The Bertz CT molecular complexity index is 585. The van der Waals surface area contributed by atoms with Crippen LogP contribution in [-0.2, 0) is 0 Å². The summed E-state index contributed by atoms with van der Waals surface area (Å²) in [6, 6.07) is 6.75. The monoisotopic (exact) mass is 291 g/mol. The van der Waals surface area contributed by atoms with Crippen molar-refractivity contribution < 1.29 is 9.18 Å². The van der Waals surface area contributed by atoms with Crippen LogP contribution in [0.1, 0.15) is 23.8 Å². The molecule has 1 saturated heterocycles. The summed E-state index contributed by atoms with van der Waals surface area (Å²) in [4.78, 5) is 19.2. The van der Waals surface area contributed by atoms with Gasteiger partial charge in [0.05, 0.1) is 12.2 Å². The molecule has 0 saturated carbocycles. The molecule has 0 bridgehead atoms. The molecule has 104 valence electrons. The minimum Gasteiger partial charge on any atom is -0.317 e. The molecular formula is C14H14FN3OS. The van der Waals surface area contributed by atoms with Crippen molar-refractivity contribution in [2.45, 2.75) is 18.9 Å². The molecule has 20 heavy (non-hydrogen) atoms. The molecule has 0 unspecified atom stereocenters. The summed E-state index contributed by atoms with van der Waals surface area (Å²) in [5, 5.41) is 4.74. The normalized spacial score (nSPS) is 18.2. The number of aromatic nitrogens is 1. The lowest BCUT2D eigenvalue weighted by molar-refractivity contribution is 0.207. The van der Waals surface area contributed by atoms with Crippen LogP contribution in [0.15, 0.2) is 35.8 Å². The number of urea groups is 1. The zero-order valence-electron chi connectivity index (χ0n) is 10.8. The van der Waals surface area contributed by atoms with Gasteiger partial charge in [-0.25, -0.2) is 14.2 Å². The standard InChI is InChI=1S/C14H14FN3OS/c15-10-5-6-13(16-9-10)17-14(19)18-7-1-3-11(18)12-4-2-8-20-12/h2,4-6,8-9,11H,1,3,7H2,(H,16,17,19)/t11-/m0/s1. The summed E-state index contributed by atoms with van der Waals surface area (Å²) in [5.41, 5.74) is 0. The van der Waals surface area contributed by atoms with Crippen molar-refractivity contribution in [3.05, 3.63) is 46.5 Å². The molecule has 4 nitrogen and oxygen atoms in total. The lowest BCUT2D eigenvalue weighted by Crippen LogP contribution is -2.34. The fourth-order valence-corrected chi connectivity index (χ4v) is 3.29. The number of likely N-dealkylation sites (tertiary alicyclic amines) is 1. The highest BCUT2D eigenvalue weighted by Crippen LogP contribution is 2.34. The first-order chi connectivity index (χ1) is 9.74. The van der Waals surface area contributed by atoms with Gasteiger partial charge in [-0.2, -0.15) is 0 Å². The summed E-state index contributed by atoms with van der Waals surface area (Å²) in [6.45, 7) is 0.732. The first-order valence-corrected chi connectivity index (χ1v) is 7.34. The second kappa shape index (κ2) is 5.58. The molecule has 1 aliphatic rings. The van der Waals surface area contributed by atoms with Crippen molar-refractivity contribution in [2.75, 3.05) is 11.9 Å². The molecule has 0 radical (unpaired) electrons. The van der Waals surface area contributed by atoms with E-state index in [1.165, 1.54) is 17.0 Å². The fraction of sp³-hybridized carbons (Fsp3) is 0.286. The third-order valence-corrected chi connectivity index (χ3v) is 4.32. The molecule has 2 aromatic rings. The van der Waals surface area contributed by atoms with Crippen LogP contribution in [0.3, 0.4) is 0 Å². The van der Waals surface area contributed by atoms with E-state index in [9.17, 15) is 9.18 Å². The van der Waals surface area contributed by atoms with E-state index in [0.29, 0.717) is 5.82 Å². The van der Waals surface area contributed by atoms with E-state index < -0.39 is 5.82 Å². The number of nitrogens with zero attached hydrogens (tertiary/aromatic N) is 2. The molecule has 0 aromatic carbocycles. The molecule has 2 amide bonds. The highest BCUT2D eigenvalue weighted by Gasteiger charge is 2.30. The first kappa shape index (κ1) is 13.1. The Morgan fingerprint density at radius 3 is 3.05 bits per heavy atom. The summed E-state index contributed by atoms with van der Waals surface area (Å²) in [7, 11) is 0. The minimum absolute atomic E-state index is 0.135. The average Bonchev–Trinajstić information content (AvgIpc) is 3.11. The average molecular weight is 291 g/mol. The predicted octanol–water partition coefficient (Wildman–Crippen LogP) is 3.65. The second-order valence-electron chi connectivity index (χ2n) is 4.66. The van der Waals surface area contributed by atoms with Gasteiger partial charge in [-0.3, -0.25) is 5.32 Å². The number of hydrogen-bond acceptors (Lipinski definition) is 3. The van der Waals surface area contributed by atoms with Gasteiger partial charge in [-0.05, 0) is 36.4 Å². The van der Waals surface area contributed by atoms with Crippen LogP contribution >= 0.6 is 11.3 Å². The lowest BCUT2D eigenvalue weighted by atomic mass is 10.2. The van der Waals surface area contributed by atoms with E-state index in [4.69, 9.17) is 0 Å². The fourth-order valence-electron chi connectivity index (χ4n) is 2.42. The Morgan fingerprint density at radius 1 is 1.45 bits per heavy atom. The summed E-state index contributed by atoms with van der Waals surface area (Å²) in [5.74, 6) is -0.0473. The van der Waals surface area contributed by atoms with Crippen molar-refractivity contribution in [1.82, 2.24) is 9.88 Å². The molecule has 1 atom stereocenters. The number of hydrogen-bond donors (Lipinski definition) is 1. The van der Waals surface area contributed by atoms with Gasteiger partial charge < -0.3 is 4.90 Å². The Labute approximate surface area is 120 Å². The van der Waals surface area contributed by atoms with Crippen LogP contribution in [0.25, 0.3) is 0 Å². The second-order valence-corrected chi connectivity index (χ2v) is 5.64. The van der Waals surface area contributed by atoms with Crippen LogP contribution in [0.2, 0.25) is 0 Å². The van der Waals surface area contributed by atoms with E-state index in [-0.39, 0.29) is 12.1 Å². The van der Waals surface area contributed by atoms with Crippen molar-refractivity contribution in [3.8, 4) is 0 Å². The Balaban J connectivity index is 1.71. The summed E-state index contributed by atoms with van der Waals surface area (Å²) < 4.78 is 12.8. The number of rotatable bonds is 2. The van der Waals surface area contributed by atoms with E-state index in [1.807, 2.05) is 16.3 Å². The van der Waals surface area contributed by atoms with E-state index in [2.05, 4.69) is 16.4 Å². The molecular weight excluding hydrogens is 277 g/mol. The highest BCUT2D eigenvalue weighted by atomic mass is 32.1. The number of halogens is 1. The highest BCUT2D eigenvalue weighted by molar-refractivity contribution is 7.10. The van der Waals surface area contributed by atoms with E-state index in [1.54, 1.807) is 11.3 Å². The maximum absolute atomic E-state index is 12.8. The molecule has 2 aromatic heterocycles. The van der Waals surface area contributed by atoms with Crippen molar-refractivity contribution in [3.63, 3.8) is 0 Å². The zero-order valence-corrected chi connectivity index (χ0v) is 11.6. The Morgan fingerprint density at radius 2 is 2.35 bits per heavy atom. The number of amides is 2. The first-order valence-electron chi connectivity index (χ1n) is 6.46. The van der Waals surface area contributed by atoms with Gasteiger partial charge >= 0.3 is 6.03 Å². The maximum atomic E-state index is 12.8. The lowest BCUT2D eigenvalue weighted by Gasteiger charge is -2.23. The van der Waals surface area contributed by atoms with Crippen LogP contribution in [0, 0.1) is 5.82 Å². The van der Waals surface area contributed by atoms with Gasteiger partial charge in [-0.1, -0.05) is 6.07 Å². The topological polar surface area (TPSA) is 45.2 Å². The van der Waals surface area contributed by atoms with Gasteiger partial charge in [0, 0.05) is 11.4 Å². The van der Waals surface area contributed by atoms with Crippen molar-refractivity contribution >= 4 is 23.2 Å². The van der Waals surface area contributed by atoms with Crippen molar-refractivity contribution in [1.29, 1.82) is 0 Å². The third kappa shape index (κ3) is 2.65. The number of anilines is 1. The SMILES string of the molecule is O=C(Nc1ccc(F)cn1)N1CCC[C@H]1c1cccs1. The third-order valence-electron chi connectivity index (χ3n) is 3.35. The molecule has 3 rings (SSSR count). The molecule has 1 fully saturated rings. The largest absolute Gasteiger partial charge is 0.323 e. The smallest absolute Gasteiger partial charge is 0.317 e. The minimum atomic E-state index is -0.416. The molecule has 1 aliphatic heterocycles. The Kier molecular flexibility index (Phi) is 3.64. The molecule has 0 spiro atoms. The predicted molar refractivity (Wildman–Crippen MR) is 76.2 cm³/mol. The van der Waals surface area contributed by atoms with Crippen LogP contribution in [0.4, 0.5) is 15.0 Å². The van der Waals surface area contributed by atoms with E-state index >= 15 is 0 Å². The number of thiophene rings is 1. The number of carbonyl (C=O) groups excluding carboxylic acids is 1. The van der Waals surface area contributed by atoms with Crippen molar-refractivity contribution in [2.24, 2.45) is 0 Å². The van der Waals surface area contributed by atoms with E-state index in [0.717, 1.165) is 25.6 Å². The van der Waals surface area contributed by atoms with Gasteiger partial charge in [0.25, 0.3) is 0 Å². The number of pyridine rings is 1. The summed E-state index contributed by atoms with van der Waals surface area (Å²) in [6.07, 6.45) is 3.06.